The molecule has 1 unspecified atom stereocenters. The van der Waals surface area contributed by atoms with E-state index in [0.717, 1.165) is 11.4 Å². The Morgan fingerprint density at radius 1 is 1.43 bits per heavy atom. The molecule has 0 radical (unpaired) electrons. The fourth-order valence-corrected chi connectivity index (χ4v) is 2.70. The van der Waals surface area contributed by atoms with Crippen LogP contribution in [0.15, 0.2) is 36.7 Å². The van der Waals surface area contributed by atoms with Crippen LogP contribution in [-0.2, 0) is 13.6 Å². The first-order valence-electron chi connectivity index (χ1n) is 7.61. The highest BCUT2D eigenvalue weighted by atomic mass is 35.5. The van der Waals surface area contributed by atoms with Crippen molar-refractivity contribution in [2.24, 2.45) is 13.0 Å². The highest BCUT2D eigenvalue weighted by molar-refractivity contribution is 6.30. The average Bonchev–Trinajstić information content (AvgIpc) is 2.82. The zero-order valence-electron chi connectivity index (χ0n) is 14.0. The molecule has 0 aliphatic heterocycles. The lowest BCUT2D eigenvalue weighted by Gasteiger charge is -2.26. The van der Waals surface area contributed by atoms with E-state index in [4.69, 9.17) is 11.6 Å². The molecule has 23 heavy (non-hydrogen) atoms. The van der Waals surface area contributed by atoms with Gasteiger partial charge in [0.15, 0.2) is 0 Å². The van der Waals surface area contributed by atoms with Crippen LogP contribution in [-0.4, -0.2) is 27.5 Å². The van der Waals surface area contributed by atoms with Crippen LogP contribution in [0, 0.1) is 5.92 Å². The lowest BCUT2D eigenvalue weighted by atomic mass is 10.0. The number of rotatable bonds is 5. The molecule has 0 aromatic carbocycles. The summed E-state index contributed by atoms with van der Waals surface area (Å²) >= 11 is 5.99. The first-order chi connectivity index (χ1) is 10.9. The van der Waals surface area contributed by atoms with Gasteiger partial charge in [-0.2, -0.15) is 0 Å². The highest BCUT2D eigenvalue weighted by Gasteiger charge is 2.21. The maximum atomic E-state index is 12.5. The van der Waals surface area contributed by atoms with Crippen molar-refractivity contribution in [3.8, 4) is 0 Å². The van der Waals surface area contributed by atoms with Gasteiger partial charge in [-0.3, -0.25) is 4.98 Å². The van der Waals surface area contributed by atoms with Gasteiger partial charge in [-0.25, -0.2) is 4.79 Å². The second-order valence-corrected chi connectivity index (χ2v) is 6.48. The molecule has 1 atom stereocenters. The van der Waals surface area contributed by atoms with Gasteiger partial charge in [0, 0.05) is 32.2 Å². The molecule has 0 bridgehead atoms. The monoisotopic (exact) mass is 334 g/mol. The summed E-state index contributed by atoms with van der Waals surface area (Å²) in [5.74, 6) is 0.242. The minimum absolute atomic E-state index is 0.122. The SMILES string of the molecule is CC(C)C(NC(=O)N(C)Cc1cc(Cl)cn1C)c1ccccn1. The van der Waals surface area contributed by atoms with Crippen LogP contribution in [0.1, 0.15) is 31.3 Å². The van der Waals surface area contributed by atoms with Gasteiger partial charge in [-0.15, -0.1) is 0 Å². The van der Waals surface area contributed by atoms with Gasteiger partial charge >= 0.3 is 6.03 Å². The number of nitrogens with one attached hydrogen (secondary N) is 1. The zero-order chi connectivity index (χ0) is 17.0. The van der Waals surface area contributed by atoms with Gasteiger partial charge in [0.05, 0.1) is 23.3 Å². The van der Waals surface area contributed by atoms with E-state index < -0.39 is 0 Å². The number of hydrogen-bond acceptors (Lipinski definition) is 2. The minimum Gasteiger partial charge on any atom is -0.351 e. The fraction of sp³-hybridized carbons (Fsp3) is 0.412. The van der Waals surface area contributed by atoms with Crippen molar-refractivity contribution < 1.29 is 4.79 Å². The Morgan fingerprint density at radius 3 is 2.70 bits per heavy atom. The van der Waals surface area contributed by atoms with Gasteiger partial charge in [-0.1, -0.05) is 31.5 Å². The van der Waals surface area contributed by atoms with Gasteiger partial charge in [0.1, 0.15) is 0 Å². The summed E-state index contributed by atoms with van der Waals surface area (Å²) in [6, 6.07) is 7.34. The number of urea groups is 1. The summed E-state index contributed by atoms with van der Waals surface area (Å²) in [4.78, 5) is 18.5. The Balaban J connectivity index is 2.05. The van der Waals surface area contributed by atoms with E-state index >= 15 is 0 Å². The van der Waals surface area contributed by atoms with Gasteiger partial charge < -0.3 is 14.8 Å². The van der Waals surface area contributed by atoms with Crippen LogP contribution in [0.3, 0.4) is 0 Å². The maximum Gasteiger partial charge on any atom is 0.318 e. The molecule has 2 aromatic heterocycles. The van der Waals surface area contributed by atoms with Crippen LogP contribution < -0.4 is 5.32 Å². The highest BCUT2D eigenvalue weighted by Crippen LogP contribution is 2.20. The molecule has 0 aliphatic carbocycles. The third kappa shape index (κ3) is 4.48. The lowest BCUT2D eigenvalue weighted by molar-refractivity contribution is 0.197. The molecule has 1 N–H and O–H groups in total. The number of hydrogen-bond donors (Lipinski definition) is 1. The Kier molecular flexibility index (Phi) is 5.66. The smallest absolute Gasteiger partial charge is 0.318 e. The molecule has 0 aliphatic rings. The molecule has 5 nitrogen and oxygen atoms in total. The largest absolute Gasteiger partial charge is 0.351 e. The van der Waals surface area contributed by atoms with E-state index in [1.54, 1.807) is 18.1 Å². The van der Waals surface area contributed by atoms with Crippen LogP contribution >= 0.6 is 11.6 Å². The second-order valence-electron chi connectivity index (χ2n) is 6.04. The number of aryl methyl sites for hydroxylation is 1. The van der Waals surface area contributed by atoms with E-state index in [0.29, 0.717) is 11.6 Å². The molecule has 0 saturated heterocycles. The summed E-state index contributed by atoms with van der Waals surface area (Å²) < 4.78 is 1.92. The zero-order valence-corrected chi connectivity index (χ0v) is 14.7. The van der Waals surface area contributed by atoms with Crippen LogP contribution in [0.2, 0.25) is 5.02 Å². The van der Waals surface area contributed by atoms with E-state index in [1.165, 1.54) is 0 Å². The van der Waals surface area contributed by atoms with Gasteiger partial charge in [0.2, 0.25) is 0 Å². The lowest BCUT2D eigenvalue weighted by Crippen LogP contribution is -2.41. The molecule has 2 heterocycles. The Bertz CT molecular complexity index is 654. The maximum absolute atomic E-state index is 12.5. The normalized spacial score (nSPS) is 12.3. The summed E-state index contributed by atoms with van der Waals surface area (Å²) in [5, 5.41) is 3.73. The molecule has 2 amide bonds. The number of carbonyl (C=O) groups excluding carboxylic acids is 1. The standard InChI is InChI=1S/C17H23ClN4O/c1-12(2)16(15-7-5-6-8-19-15)20-17(23)22(4)11-14-9-13(18)10-21(14)3/h5-10,12,16H,11H2,1-4H3,(H,20,23). The van der Waals surface area contributed by atoms with Crippen molar-refractivity contribution in [3.63, 3.8) is 0 Å². The number of halogens is 1. The first kappa shape index (κ1) is 17.3. The Hall–Kier alpha value is -2.01. The number of nitrogens with zero attached hydrogens (tertiary/aromatic N) is 3. The van der Waals surface area contributed by atoms with Crippen molar-refractivity contribution in [1.29, 1.82) is 0 Å². The third-order valence-corrected chi connectivity index (χ3v) is 3.98. The molecular weight excluding hydrogens is 312 g/mol. The number of aromatic nitrogens is 2. The van der Waals surface area contributed by atoms with E-state index in [-0.39, 0.29) is 18.0 Å². The van der Waals surface area contributed by atoms with E-state index in [1.807, 2.05) is 42.1 Å². The Morgan fingerprint density at radius 2 is 2.17 bits per heavy atom. The van der Waals surface area contributed by atoms with Crippen molar-refractivity contribution in [1.82, 2.24) is 19.8 Å². The topological polar surface area (TPSA) is 50.2 Å². The molecule has 0 spiro atoms. The summed E-state index contributed by atoms with van der Waals surface area (Å²) in [5.41, 5.74) is 1.85. The summed E-state index contributed by atoms with van der Waals surface area (Å²) in [6.07, 6.45) is 3.57. The number of amides is 2. The van der Waals surface area contributed by atoms with Crippen molar-refractivity contribution >= 4 is 17.6 Å². The average molecular weight is 335 g/mol. The molecule has 2 aromatic rings. The van der Waals surface area contributed by atoms with E-state index in [9.17, 15) is 4.79 Å². The first-order valence-corrected chi connectivity index (χ1v) is 7.99. The minimum atomic E-state index is -0.133. The Labute approximate surface area is 142 Å². The van der Waals surface area contributed by atoms with Crippen molar-refractivity contribution in [3.05, 3.63) is 53.1 Å². The number of pyridine rings is 1. The third-order valence-electron chi connectivity index (χ3n) is 3.77. The van der Waals surface area contributed by atoms with Crippen LogP contribution in [0.5, 0.6) is 0 Å². The quantitative estimate of drug-likeness (QED) is 0.908. The molecule has 0 saturated carbocycles. The fourth-order valence-electron chi connectivity index (χ4n) is 2.42. The van der Waals surface area contributed by atoms with Crippen molar-refractivity contribution in [2.75, 3.05) is 7.05 Å². The van der Waals surface area contributed by atoms with Crippen LogP contribution in [0.25, 0.3) is 0 Å². The molecule has 6 heteroatoms. The molecule has 2 rings (SSSR count). The van der Waals surface area contributed by atoms with E-state index in [2.05, 4.69) is 24.1 Å². The predicted octanol–water partition coefficient (Wildman–Crippen LogP) is 3.61. The predicted molar refractivity (Wildman–Crippen MR) is 92.2 cm³/mol. The molecule has 124 valence electrons. The molecule has 0 fully saturated rings. The van der Waals surface area contributed by atoms with Crippen molar-refractivity contribution in [2.45, 2.75) is 26.4 Å². The summed E-state index contributed by atoms with van der Waals surface area (Å²) in [6.45, 7) is 4.62. The van der Waals surface area contributed by atoms with Gasteiger partial charge in [0.25, 0.3) is 0 Å². The summed E-state index contributed by atoms with van der Waals surface area (Å²) in [7, 11) is 3.68. The van der Waals surface area contributed by atoms with Gasteiger partial charge in [-0.05, 0) is 24.1 Å². The number of carbonyl (C=O) groups is 1. The second kappa shape index (κ2) is 7.51. The molecular formula is C17H23ClN4O. The van der Waals surface area contributed by atoms with Crippen LogP contribution in [0.4, 0.5) is 4.79 Å².